The molecule has 5 heteroatoms. The zero-order valence-electron chi connectivity index (χ0n) is 10.9. The summed E-state index contributed by atoms with van der Waals surface area (Å²) in [5.41, 5.74) is 1.08. The first-order valence-corrected chi connectivity index (χ1v) is 7.47. The highest BCUT2D eigenvalue weighted by Crippen LogP contribution is 2.37. The van der Waals surface area contributed by atoms with E-state index in [9.17, 15) is 9.90 Å². The molecule has 1 atom stereocenters. The summed E-state index contributed by atoms with van der Waals surface area (Å²) < 4.78 is 6.25. The van der Waals surface area contributed by atoms with Crippen molar-refractivity contribution < 1.29 is 14.6 Å². The van der Waals surface area contributed by atoms with Gasteiger partial charge in [-0.25, -0.2) is 4.79 Å². The van der Waals surface area contributed by atoms with Gasteiger partial charge in [-0.05, 0) is 53.5 Å². The molecule has 1 aliphatic rings. The average molecular weight is 375 g/mol. The summed E-state index contributed by atoms with van der Waals surface area (Å²) in [6, 6.07) is 8.03. The summed E-state index contributed by atoms with van der Waals surface area (Å²) in [5.74, 6) is 0. The molecule has 0 heterocycles. The summed E-state index contributed by atoms with van der Waals surface area (Å²) in [6.45, 7) is 0.562. The fourth-order valence-electron chi connectivity index (χ4n) is 2.32. The van der Waals surface area contributed by atoms with Gasteiger partial charge in [-0.15, -0.1) is 0 Å². The molecule has 0 bridgehead atoms. The molecule has 0 radical (unpaired) electrons. The zero-order valence-corrected chi connectivity index (χ0v) is 13.0. The number of ether oxygens (including phenoxy) is 1. The fraction of sp³-hybridized carbons (Fsp3) is 0.500. The molecular formula is C14H18INO3. The Morgan fingerprint density at radius 3 is 2.74 bits per heavy atom. The maximum Gasteiger partial charge on any atom is 0.408 e. The number of carboxylic acid groups (broad SMARTS) is 1. The van der Waals surface area contributed by atoms with Crippen LogP contribution in [0.3, 0.4) is 0 Å². The van der Waals surface area contributed by atoms with E-state index in [4.69, 9.17) is 4.74 Å². The first-order chi connectivity index (χ1) is 9.15. The Balaban J connectivity index is 2.28. The van der Waals surface area contributed by atoms with Gasteiger partial charge in [0.2, 0.25) is 0 Å². The van der Waals surface area contributed by atoms with Crippen LogP contribution < -0.4 is 0 Å². The van der Waals surface area contributed by atoms with Crippen molar-refractivity contribution in [3.8, 4) is 0 Å². The van der Waals surface area contributed by atoms with Crippen molar-refractivity contribution in [2.24, 2.45) is 0 Å². The summed E-state index contributed by atoms with van der Waals surface area (Å²) in [4.78, 5) is 13.2. The van der Waals surface area contributed by atoms with Gasteiger partial charge in [-0.1, -0.05) is 18.2 Å². The van der Waals surface area contributed by atoms with Crippen molar-refractivity contribution in [2.45, 2.75) is 31.3 Å². The molecule has 1 aromatic carbocycles. The number of halogens is 1. The third-order valence-corrected chi connectivity index (χ3v) is 4.34. The van der Waals surface area contributed by atoms with Crippen LogP contribution in [0.5, 0.6) is 0 Å². The lowest BCUT2D eigenvalue weighted by Gasteiger charge is -2.30. The van der Waals surface area contributed by atoms with Crippen molar-refractivity contribution in [3.05, 3.63) is 33.4 Å². The second-order valence-electron chi connectivity index (χ2n) is 4.74. The second-order valence-corrected chi connectivity index (χ2v) is 5.90. The standard InChI is InChI=1S/C14H18INO3/c1-19-9-8-13(11-4-2-3-5-12(11)15)16(14(17)18)10-6-7-10/h2-5,10,13H,6-9H2,1H3,(H,17,18)/t13-/m0/s1. The van der Waals surface area contributed by atoms with Crippen LogP contribution in [-0.2, 0) is 4.74 Å². The van der Waals surface area contributed by atoms with E-state index < -0.39 is 6.09 Å². The predicted octanol–water partition coefficient (Wildman–Crippen LogP) is 3.51. The molecule has 0 saturated heterocycles. The molecular weight excluding hydrogens is 357 g/mol. The zero-order chi connectivity index (χ0) is 13.8. The average Bonchev–Trinajstić information content (AvgIpc) is 3.19. The van der Waals surface area contributed by atoms with Crippen LogP contribution in [0, 0.1) is 3.57 Å². The Bertz CT molecular complexity index is 448. The van der Waals surface area contributed by atoms with Crippen molar-refractivity contribution in [1.29, 1.82) is 0 Å². The van der Waals surface area contributed by atoms with Gasteiger partial charge in [0.1, 0.15) is 0 Å². The van der Waals surface area contributed by atoms with E-state index in [1.807, 2.05) is 24.3 Å². The van der Waals surface area contributed by atoms with E-state index in [0.29, 0.717) is 13.0 Å². The number of methoxy groups -OCH3 is 1. The number of amides is 1. The number of rotatable bonds is 6. The molecule has 1 amide bonds. The van der Waals surface area contributed by atoms with Gasteiger partial charge in [-0.3, -0.25) is 4.90 Å². The molecule has 1 saturated carbocycles. The van der Waals surface area contributed by atoms with Gasteiger partial charge in [-0.2, -0.15) is 0 Å². The molecule has 0 spiro atoms. The maximum absolute atomic E-state index is 11.6. The Hall–Kier alpha value is -0.820. The van der Waals surface area contributed by atoms with E-state index in [1.165, 1.54) is 0 Å². The Morgan fingerprint density at radius 2 is 2.21 bits per heavy atom. The van der Waals surface area contributed by atoms with Gasteiger partial charge >= 0.3 is 6.09 Å². The van der Waals surface area contributed by atoms with Gasteiger partial charge in [0.15, 0.2) is 0 Å². The second kappa shape index (κ2) is 6.56. The van der Waals surface area contributed by atoms with Gasteiger partial charge < -0.3 is 9.84 Å². The monoisotopic (exact) mass is 375 g/mol. The summed E-state index contributed by atoms with van der Waals surface area (Å²) in [6.07, 6.45) is 1.81. The molecule has 2 rings (SSSR count). The summed E-state index contributed by atoms with van der Waals surface area (Å²) in [5, 5.41) is 9.49. The minimum atomic E-state index is -0.830. The number of benzene rings is 1. The van der Waals surface area contributed by atoms with E-state index >= 15 is 0 Å². The van der Waals surface area contributed by atoms with Crippen LogP contribution in [0.25, 0.3) is 0 Å². The fourth-order valence-corrected chi connectivity index (χ4v) is 3.06. The van der Waals surface area contributed by atoms with Crippen molar-refractivity contribution in [1.82, 2.24) is 4.90 Å². The first-order valence-electron chi connectivity index (χ1n) is 6.39. The van der Waals surface area contributed by atoms with Gasteiger partial charge in [0.05, 0.1) is 6.04 Å². The number of carbonyl (C=O) groups is 1. The smallest absolute Gasteiger partial charge is 0.408 e. The number of hydrogen-bond donors (Lipinski definition) is 1. The lowest BCUT2D eigenvalue weighted by molar-refractivity contribution is 0.101. The Morgan fingerprint density at radius 1 is 1.53 bits per heavy atom. The number of nitrogens with zero attached hydrogens (tertiary/aromatic N) is 1. The van der Waals surface area contributed by atoms with Crippen LogP contribution in [0.4, 0.5) is 4.79 Å². The first kappa shape index (κ1) is 14.6. The van der Waals surface area contributed by atoms with E-state index in [1.54, 1.807) is 12.0 Å². The van der Waals surface area contributed by atoms with Gasteiger partial charge in [0.25, 0.3) is 0 Å². The topological polar surface area (TPSA) is 49.8 Å². The minimum Gasteiger partial charge on any atom is -0.465 e. The lowest BCUT2D eigenvalue weighted by atomic mass is 10.0. The van der Waals surface area contributed by atoms with Crippen LogP contribution >= 0.6 is 22.6 Å². The van der Waals surface area contributed by atoms with Gasteiger partial charge in [0, 0.05) is 23.3 Å². The third kappa shape index (κ3) is 3.60. The van der Waals surface area contributed by atoms with Crippen LogP contribution in [0.1, 0.15) is 30.9 Å². The van der Waals surface area contributed by atoms with Crippen molar-refractivity contribution >= 4 is 28.7 Å². The molecule has 4 nitrogen and oxygen atoms in total. The van der Waals surface area contributed by atoms with E-state index in [0.717, 1.165) is 22.0 Å². The molecule has 1 fully saturated rings. The van der Waals surface area contributed by atoms with Crippen LogP contribution in [-0.4, -0.2) is 35.9 Å². The number of hydrogen-bond acceptors (Lipinski definition) is 2. The lowest BCUT2D eigenvalue weighted by Crippen LogP contribution is -2.36. The minimum absolute atomic E-state index is 0.113. The van der Waals surface area contributed by atoms with Crippen LogP contribution in [0.15, 0.2) is 24.3 Å². The highest BCUT2D eigenvalue weighted by Gasteiger charge is 2.38. The predicted molar refractivity (Wildman–Crippen MR) is 81.3 cm³/mol. The Labute approximate surface area is 126 Å². The molecule has 1 aliphatic carbocycles. The maximum atomic E-state index is 11.6. The van der Waals surface area contributed by atoms with E-state index in [2.05, 4.69) is 22.6 Å². The quantitative estimate of drug-likeness (QED) is 0.775. The summed E-state index contributed by atoms with van der Waals surface area (Å²) in [7, 11) is 1.65. The molecule has 0 aliphatic heterocycles. The SMILES string of the molecule is COCC[C@@H](c1ccccc1I)N(C(=O)O)C1CC1. The van der Waals surface area contributed by atoms with Crippen LogP contribution in [0.2, 0.25) is 0 Å². The highest BCUT2D eigenvalue weighted by atomic mass is 127. The van der Waals surface area contributed by atoms with E-state index in [-0.39, 0.29) is 12.1 Å². The summed E-state index contributed by atoms with van der Waals surface area (Å²) >= 11 is 2.27. The molecule has 19 heavy (non-hydrogen) atoms. The molecule has 1 aromatic rings. The largest absolute Gasteiger partial charge is 0.465 e. The Kier molecular flexibility index (Phi) is 5.04. The van der Waals surface area contributed by atoms with Crippen molar-refractivity contribution in [3.63, 3.8) is 0 Å². The third-order valence-electron chi connectivity index (χ3n) is 3.36. The highest BCUT2D eigenvalue weighted by molar-refractivity contribution is 14.1. The molecule has 104 valence electrons. The molecule has 0 aromatic heterocycles. The van der Waals surface area contributed by atoms with Crippen molar-refractivity contribution in [2.75, 3.05) is 13.7 Å². The normalized spacial score (nSPS) is 16.1. The molecule has 1 N–H and O–H groups in total. The molecule has 0 unspecified atom stereocenters.